The van der Waals surface area contributed by atoms with Gasteiger partial charge in [-0.2, -0.15) is 0 Å². The zero-order chi connectivity index (χ0) is 28.7. The summed E-state index contributed by atoms with van der Waals surface area (Å²) in [5.41, 5.74) is -1.30. The number of aliphatic hydroxyl groups is 1. The number of carbonyl (C=O) groups is 3. The van der Waals surface area contributed by atoms with Crippen LogP contribution in [0, 0.1) is 17.8 Å². The molecule has 6 atom stereocenters. The van der Waals surface area contributed by atoms with Crippen molar-refractivity contribution in [2.24, 2.45) is 17.8 Å². The van der Waals surface area contributed by atoms with Gasteiger partial charge < -0.3 is 24.5 Å². The molecule has 1 N–H and O–H groups in total. The largest absolute Gasteiger partial charge is 0.394 e. The Labute approximate surface area is 237 Å². The van der Waals surface area contributed by atoms with Gasteiger partial charge in [-0.1, -0.05) is 88.8 Å². The van der Waals surface area contributed by atoms with Gasteiger partial charge in [0, 0.05) is 26.2 Å². The molecular formula is C32H43N3O5. The normalized spacial score (nSPS) is 32.3. The molecular weight excluding hydrogens is 506 g/mol. The summed E-state index contributed by atoms with van der Waals surface area (Å²) in [6, 6.07) is 8.32. The highest BCUT2D eigenvalue weighted by atomic mass is 16.5. The number of amides is 3. The average Bonchev–Trinajstić information content (AvgIpc) is 3.24. The van der Waals surface area contributed by atoms with Gasteiger partial charge in [0.1, 0.15) is 11.6 Å². The highest BCUT2D eigenvalue weighted by Gasteiger charge is 2.76. The number of likely N-dealkylation sites (tertiary alicyclic amines) is 1. The van der Waals surface area contributed by atoms with Crippen LogP contribution in [0.3, 0.4) is 0 Å². The molecule has 2 saturated heterocycles. The first-order valence-electron chi connectivity index (χ1n) is 14.8. The number of ether oxygens (including phenoxy) is 1. The summed E-state index contributed by atoms with van der Waals surface area (Å²) < 4.78 is 7.03. The second-order valence-corrected chi connectivity index (χ2v) is 12.0. The highest BCUT2D eigenvalue weighted by Crippen LogP contribution is 2.59. The number of fused-ring (bicyclic) bond motifs is 2. The SMILES string of the molecule is CCCCN1CC=C[C@]23O[C@@]4(CC)C=CCN(Cc5ccccc5)C(=O)[C@H]4[C@H]2C(=O)N([C@@H](CO)C(C)C)C3C1=O. The van der Waals surface area contributed by atoms with E-state index in [1.165, 1.54) is 0 Å². The number of nitrogens with zero attached hydrogens (tertiary/aromatic N) is 3. The molecule has 1 spiro atoms. The number of carbonyl (C=O) groups excluding carboxylic acids is 3. The van der Waals surface area contributed by atoms with Crippen molar-refractivity contribution in [3.8, 4) is 0 Å². The molecule has 8 heteroatoms. The van der Waals surface area contributed by atoms with Gasteiger partial charge >= 0.3 is 0 Å². The van der Waals surface area contributed by atoms with E-state index in [9.17, 15) is 19.5 Å². The lowest BCUT2D eigenvalue weighted by Crippen LogP contribution is -2.59. The maximum Gasteiger partial charge on any atom is 0.249 e. The van der Waals surface area contributed by atoms with Crippen LogP contribution in [0.15, 0.2) is 54.6 Å². The predicted octanol–water partition coefficient (Wildman–Crippen LogP) is 3.16. The van der Waals surface area contributed by atoms with Gasteiger partial charge in [-0.15, -0.1) is 0 Å². The minimum Gasteiger partial charge on any atom is -0.394 e. The third-order valence-electron chi connectivity index (χ3n) is 9.36. The van der Waals surface area contributed by atoms with Crippen LogP contribution < -0.4 is 0 Å². The Balaban J connectivity index is 1.63. The Morgan fingerprint density at radius 3 is 2.30 bits per heavy atom. The second kappa shape index (κ2) is 11.1. The van der Waals surface area contributed by atoms with Crippen molar-refractivity contribution in [2.45, 2.75) is 76.8 Å². The average molecular weight is 550 g/mol. The van der Waals surface area contributed by atoms with Gasteiger partial charge in [-0.25, -0.2) is 0 Å². The van der Waals surface area contributed by atoms with E-state index in [0.29, 0.717) is 32.6 Å². The lowest BCUT2D eigenvalue weighted by atomic mass is 9.73. The molecule has 0 saturated carbocycles. The van der Waals surface area contributed by atoms with Crippen molar-refractivity contribution >= 4 is 17.7 Å². The molecule has 4 aliphatic rings. The van der Waals surface area contributed by atoms with E-state index in [2.05, 4.69) is 6.92 Å². The Morgan fingerprint density at radius 2 is 1.65 bits per heavy atom. The summed E-state index contributed by atoms with van der Waals surface area (Å²) in [5.74, 6) is -2.34. The quantitative estimate of drug-likeness (QED) is 0.478. The van der Waals surface area contributed by atoms with Crippen LogP contribution in [0.4, 0.5) is 0 Å². The minimum atomic E-state index is -1.30. The first-order valence-corrected chi connectivity index (χ1v) is 14.8. The van der Waals surface area contributed by atoms with E-state index in [0.717, 1.165) is 18.4 Å². The van der Waals surface area contributed by atoms with Crippen molar-refractivity contribution in [3.05, 3.63) is 60.2 Å². The molecule has 3 amide bonds. The van der Waals surface area contributed by atoms with Crippen molar-refractivity contribution in [3.63, 3.8) is 0 Å². The Kier molecular flexibility index (Phi) is 7.94. The molecule has 1 aromatic rings. The smallest absolute Gasteiger partial charge is 0.249 e. The first kappa shape index (κ1) is 28.6. The van der Waals surface area contributed by atoms with E-state index < -0.39 is 35.1 Å². The summed E-state index contributed by atoms with van der Waals surface area (Å²) in [6.45, 7) is 9.52. The van der Waals surface area contributed by atoms with E-state index in [4.69, 9.17) is 4.74 Å². The molecule has 0 aromatic heterocycles. The topological polar surface area (TPSA) is 90.4 Å². The highest BCUT2D eigenvalue weighted by molar-refractivity contribution is 6.00. The molecule has 8 nitrogen and oxygen atoms in total. The van der Waals surface area contributed by atoms with Crippen LogP contribution in [-0.4, -0.2) is 87.1 Å². The predicted molar refractivity (Wildman–Crippen MR) is 152 cm³/mol. The summed E-state index contributed by atoms with van der Waals surface area (Å²) in [7, 11) is 0. The van der Waals surface area contributed by atoms with Gasteiger partial charge in [0.15, 0.2) is 0 Å². The van der Waals surface area contributed by atoms with Crippen molar-refractivity contribution in [2.75, 3.05) is 26.2 Å². The number of hydrogen-bond acceptors (Lipinski definition) is 5. The summed E-state index contributed by atoms with van der Waals surface area (Å²) in [4.78, 5) is 48.6. The fourth-order valence-electron chi connectivity index (χ4n) is 7.27. The second-order valence-electron chi connectivity index (χ2n) is 12.0. The molecule has 1 unspecified atom stereocenters. The van der Waals surface area contributed by atoms with E-state index in [-0.39, 0.29) is 30.2 Å². The number of rotatable bonds is 9. The van der Waals surface area contributed by atoms with Crippen molar-refractivity contribution in [1.29, 1.82) is 0 Å². The van der Waals surface area contributed by atoms with Gasteiger partial charge in [-0.3, -0.25) is 14.4 Å². The van der Waals surface area contributed by atoms with Crippen LogP contribution in [0.5, 0.6) is 0 Å². The van der Waals surface area contributed by atoms with Gasteiger partial charge in [0.25, 0.3) is 0 Å². The zero-order valence-corrected chi connectivity index (χ0v) is 24.2. The van der Waals surface area contributed by atoms with Crippen LogP contribution in [-0.2, 0) is 25.7 Å². The molecule has 5 rings (SSSR count). The molecule has 1 aromatic carbocycles. The molecule has 4 aliphatic heterocycles. The molecule has 0 bridgehead atoms. The molecule has 40 heavy (non-hydrogen) atoms. The fourth-order valence-corrected chi connectivity index (χ4v) is 7.27. The molecule has 0 radical (unpaired) electrons. The Bertz CT molecular complexity index is 1180. The van der Waals surface area contributed by atoms with E-state index >= 15 is 0 Å². The molecule has 4 heterocycles. The van der Waals surface area contributed by atoms with Gasteiger partial charge in [0.05, 0.1) is 30.1 Å². The number of benzene rings is 1. The fraction of sp³-hybridized carbons (Fsp3) is 0.594. The first-order chi connectivity index (χ1) is 19.2. The van der Waals surface area contributed by atoms with Gasteiger partial charge in [-0.05, 0) is 24.3 Å². The van der Waals surface area contributed by atoms with Crippen LogP contribution in [0.1, 0.15) is 52.5 Å². The van der Waals surface area contributed by atoms with Crippen LogP contribution >= 0.6 is 0 Å². The van der Waals surface area contributed by atoms with Crippen molar-refractivity contribution < 1.29 is 24.2 Å². The van der Waals surface area contributed by atoms with Crippen molar-refractivity contribution in [1.82, 2.24) is 14.7 Å². The Morgan fingerprint density at radius 1 is 0.950 bits per heavy atom. The lowest BCUT2D eigenvalue weighted by Gasteiger charge is -2.41. The number of unbranched alkanes of at least 4 members (excludes halogenated alkanes) is 1. The monoisotopic (exact) mass is 549 g/mol. The van der Waals surface area contributed by atoms with Crippen LogP contribution in [0.25, 0.3) is 0 Å². The molecule has 2 fully saturated rings. The molecule has 0 aliphatic carbocycles. The Hall–Kier alpha value is -2.97. The lowest BCUT2D eigenvalue weighted by molar-refractivity contribution is -0.158. The number of hydrogen-bond donors (Lipinski definition) is 1. The maximum absolute atomic E-state index is 14.6. The maximum atomic E-state index is 14.6. The summed E-state index contributed by atoms with van der Waals surface area (Å²) in [5, 5.41) is 10.5. The van der Waals surface area contributed by atoms with Crippen LogP contribution in [0.2, 0.25) is 0 Å². The zero-order valence-electron chi connectivity index (χ0n) is 24.2. The van der Waals surface area contributed by atoms with E-state index in [1.54, 1.807) is 14.7 Å². The standard InChI is InChI=1S/C32H43N3O5/c1-5-7-17-33-18-12-16-32-26(29(38)35(27(32)30(33)39)24(21-36)22(3)4)25-28(37)34(20-23-13-9-8-10-14-23)19-11-15-31(25,6-2)40-32/h8-16,22,24-27,36H,5-7,17-21H2,1-4H3/t24-,25+,26-,27?,31-,32-/m0/s1. The van der Waals surface area contributed by atoms with E-state index in [1.807, 2.05) is 75.4 Å². The third-order valence-corrected chi connectivity index (χ3v) is 9.36. The number of aliphatic hydroxyl groups excluding tert-OH is 1. The minimum absolute atomic E-state index is 0.0933. The summed E-state index contributed by atoms with van der Waals surface area (Å²) in [6.07, 6.45) is 10.0. The van der Waals surface area contributed by atoms with Gasteiger partial charge in [0.2, 0.25) is 17.7 Å². The third kappa shape index (κ3) is 4.40. The molecule has 216 valence electrons. The summed E-state index contributed by atoms with van der Waals surface area (Å²) >= 11 is 0.